The fourth-order valence-electron chi connectivity index (χ4n) is 4.48. The summed E-state index contributed by atoms with van der Waals surface area (Å²) < 4.78 is 33.7. The molecule has 0 spiro atoms. The summed E-state index contributed by atoms with van der Waals surface area (Å²) in [5.74, 6) is -0.416. The zero-order chi connectivity index (χ0) is 22.6. The Kier molecular flexibility index (Phi) is 7.42. The Balaban J connectivity index is 1.88. The van der Waals surface area contributed by atoms with Gasteiger partial charge in [0.05, 0.1) is 5.92 Å². The van der Waals surface area contributed by atoms with Crippen LogP contribution in [-0.2, 0) is 15.1 Å². The van der Waals surface area contributed by atoms with Gasteiger partial charge in [-0.3, -0.25) is 4.79 Å². The molecule has 1 unspecified atom stereocenters. The van der Waals surface area contributed by atoms with E-state index in [2.05, 4.69) is 4.72 Å². The Morgan fingerprint density at radius 3 is 1.97 bits per heavy atom. The minimum Gasteiger partial charge on any atom is -0.366 e. The van der Waals surface area contributed by atoms with E-state index in [9.17, 15) is 13.2 Å². The third kappa shape index (κ3) is 5.67. The molecule has 1 amide bonds. The van der Waals surface area contributed by atoms with Crippen molar-refractivity contribution in [2.45, 2.75) is 71.1 Å². The van der Waals surface area contributed by atoms with E-state index >= 15 is 0 Å². The topological polar surface area (TPSA) is 72.5 Å². The number of amides is 1. The largest absolute Gasteiger partial charge is 0.409 e. The Bertz CT molecular complexity index is 967. The molecule has 6 heteroatoms. The fourth-order valence-corrected chi connectivity index (χ4v) is 5.31. The van der Waals surface area contributed by atoms with Gasteiger partial charge >= 0.3 is 10.3 Å². The van der Waals surface area contributed by atoms with Gasteiger partial charge in [0.2, 0.25) is 5.91 Å². The molecular formula is C25H33NO4S. The van der Waals surface area contributed by atoms with Crippen molar-refractivity contribution in [3.05, 3.63) is 65.2 Å². The third-order valence-electron chi connectivity index (χ3n) is 6.05. The summed E-state index contributed by atoms with van der Waals surface area (Å²) in [6.07, 6.45) is 3.96. The maximum Gasteiger partial charge on any atom is 0.409 e. The maximum atomic E-state index is 13.2. The van der Waals surface area contributed by atoms with Crippen molar-refractivity contribution in [3.63, 3.8) is 0 Å². The van der Waals surface area contributed by atoms with E-state index in [4.69, 9.17) is 4.18 Å². The van der Waals surface area contributed by atoms with E-state index in [0.29, 0.717) is 5.75 Å². The van der Waals surface area contributed by atoms with Crippen LogP contribution < -0.4 is 8.91 Å². The monoisotopic (exact) mass is 443 g/mol. The summed E-state index contributed by atoms with van der Waals surface area (Å²) >= 11 is 0. The van der Waals surface area contributed by atoms with Crippen molar-refractivity contribution in [2.75, 3.05) is 0 Å². The van der Waals surface area contributed by atoms with Crippen LogP contribution in [0.25, 0.3) is 0 Å². The highest BCUT2D eigenvalue weighted by molar-refractivity contribution is 7.85. The molecule has 2 aromatic rings. The van der Waals surface area contributed by atoms with E-state index < -0.39 is 22.1 Å². The lowest BCUT2D eigenvalue weighted by molar-refractivity contribution is -0.122. The normalized spacial score (nSPS) is 15.9. The molecule has 1 saturated carbocycles. The van der Waals surface area contributed by atoms with Crippen LogP contribution in [0, 0.1) is 5.92 Å². The second-order valence-electron chi connectivity index (χ2n) is 9.01. The van der Waals surface area contributed by atoms with Crippen molar-refractivity contribution < 1.29 is 17.4 Å². The number of nitrogens with one attached hydrogen (secondary N) is 1. The molecule has 3 rings (SSSR count). The minimum absolute atomic E-state index is 0.0788. The Hall–Kier alpha value is -2.34. The number of para-hydroxylation sites is 1. The lowest BCUT2D eigenvalue weighted by Crippen LogP contribution is -2.39. The van der Waals surface area contributed by atoms with E-state index in [1.807, 2.05) is 76.2 Å². The van der Waals surface area contributed by atoms with Crippen LogP contribution in [0.4, 0.5) is 0 Å². The van der Waals surface area contributed by atoms with Gasteiger partial charge in [-0.05, 0) is 47.3 Å². The number of hydrogen-bond acceptors (Lipinski definition) is 4. The smallest absolute Gasteiger partial charge is 0.366 e. The van der Waals surface area contributed by atoms with E-state index in [0.717, 1.165) is 42.4 Å². The average Bonchev–Trinajstić information content (AvgIpc) is 3.22. The molecule has 5 nitrogen and oxygen atoms in total. The summed E-state index contributed by atoms with van der Waals surface area (Å²) in [6.45, 7) is 7.96. The summed E-state index contributed by atoms with van der Waals surface area (Å²) in [5, 5.41) is 0. The average molecular weight is 444 g/mol. The van der Waals surface area contributed by atoms with Gasteiger partial charge in [0, 0.05) is 0 Å². The van der Waals surface area contributed by atoms with Crippen molar-refractivity contribution in [1.82, 2.24) is 4.72 Å². The lowest BCUT2D eigenvalue weighted by Gasteiger charge is -2.24. The third-order valence-corrected chi connectivity index (χ3v) is 6.89. The highest BCUT2D eigenvalue weighted by Crippen LogP contribution is 2.38. The van der Waals surface area contributed by atoms with Crippen LogP contribution in [0.15, 0.2) is 48.5 Å². The SMILES string of the molecule is CC(C)c1cccc(C(C)C)c1OS(=O)(=O)NC(=O)C(c1ccccc1)C1CCCC1. The molecule has 0 aromatic heterocycles. The summed E-state index contributed by atoms with van der Waals surface area (Å²) in [7, 11) is -4.33. The second kappa shape index (κ2) is 9.86. The minimum atomic E-state index is -4.33. The first-order valence-electron chi connectivity index (χ1n) is 11.1. The van der Waals surface area contributed by atoms with E-state index in [1.165, 1.54) is 0 Å². The first-order chi connectivity index (χ1) is 14.7. The summed E-state index contributed by atoms with van der Waals surface area (Å²) in [6, 6.07) is 15.1. The maximum absolute atomic E-state index is 13.2. The van der Waals surface area contributed by atoms with E-state index in [1.54, 1.807) is 0 Å². The number of carbonyl (C=O) groups excluding carboxylic acids is 1. The first-order valence-corrected chi connectivity index (χ1v) is 12.5. The second-order valence-corrected chi connectivity index (χ2v) is 10.3. The van der Waals surface area contributed by atoms with Gasteiger partial charge in [-0.1, -0.05) is 89.1 Å². The number of rotatable bonds is 8. The van der Waals surface area contributed by atoms with Gasteiger partial charge in [-0.25, -0.2) is 4.72 Å². The van der Waals surface area contributed by atoms with Crippen LogP contribution in [0.2, 0.25) is 0 Å². The highest BCUT2D eigenvalue weighted by atomic mass is 32.2. The van der Waals surface area contributed by atoms with Crippen LogP contribution in [0.3, 0.4) is 0 Å². The Labute approximate surface area is 186 Å². The molecule has 0 saturated heterocycles. The number of carbonyl (C=O) groups is 1. The van der Waals surface area contributed by atoms with Crippen molar-refractivity contribution in [2.24, 2.45) is 5.92 Å². The van der Waals surface area contributed by atoms with E-state index in [-0.39, 0.29) is 17.8 Å². The molecule has 168 valence electrons. The highest BCUT2D eigenvalue weighted by Gasteiger charge is 2.34. The predicted octanol–water partition coefficient (Wildman–Crippen LogP) is 5.65. The standard InChI is InChI=1S/C25H33NO4S/c1-17(2)21-15-10-16-22(18(3)4)24(21)30-31(28,29)26-25(27)23(20-13-8-9-14-20)19-11-6-5-7-12-19/h5-7,10-12,15-18,20,23H,8-9,13-14H2,1-4H3,(H,26,27). The Morgan fingerprint density at radius 2 is 1.45 bits per heavy atom. The van der Waals surface area contributed by atoms with Crippen LogP contribution in [0.5, 0.6) is 5.75 Å². The quantitative estimate of drug-likeness (QED) is 0.572. The van der Waals surface area contributed by atoms with Gasteiger partial charge < -0.3 is 4.18 Å². The molecule has 1 N–H and O–H groups in total. The molecule has 1 atom stereocenters. The number of hydrogen-bond donors (Lipinski definition) is 1. The van der Waals surface area contributed by atoms with Gasteiger partial charge in [0.1, 0.15) is 0 Å². The summed E-state index contributed by atoms with van der Waals surface area (Å²) in [4.78, 5) is 13.2. The molecule has 1 aliphatic rings. The predicted molar refractivity (Wildman–Crippen MR) is 123 cm³/mol. The van der Waals surface area contributed by atoms with Crippen molar-refractivity contribution in [3.8, 4) is 5.75 Å². The molecule has 1 aliphatic carbocycles. The van der Waals surface area contributed by atoms with Crippen molar-refractivity contribution >= 4 is 16.2 Å². The zero-order valence-corrected chi connectivity index (χ0v) is 19.6. The van der Waals surface area contributed by atoms with Gasteiger partial charge in [-0.2, -0.15) is 8.42 Å². The molecule has 31 heavy (non-hydrogen) atoms. The Morgan fingerprint density at radius 1 is 0.903 bits per heavy atom. The van der Waals surface area contributed by atoms with Gasteiger partial charge in [0.25, 0.3) is 0 Å². The molecule has 0 bridgehead atoms. The molecule has 2 aromatic carbocycles. The van der Waals surface area contributed by atoms with Gasteiger partial charge in [-0.15, -0.1) is 0 Å². The molecule has 0 aliphatic heterocycles. The number of benzene rings is 2. The summed E-state index contributed by atoms with van der Waals surface area (Å²) in [5.41, 5.74) is 2.45. The zero-order valence-electron chi connectivity index (χ0n) is 18.8. The van der Waals surface area contributed by atoms with Crippen molar-refractivity contribution in [1.29, 1.82) is 0 Å². The molecule has 0 heterocycles. The first kappa shape index (κ1) is 23.3. The molecular weight excluding hydrogens is 410 g/mol. The fraction of sp³-hybridized carbons (Fsp3) is 0.480. The molecule has 1 fully saturated rings. The lowest BCUT2D eigenvalue weighted by atomic mass is 9.84. The van der Waals surface area contributed by atoms with Crippen LogP contribution >= 0.6 is 0 Å². The van der Waals surface area contributed by atoms with Crippen LogP contribution in [0.1, 0.15) is 87.8 Å². The molecule has 0 radical (unpaired) electrons. The van der Waals surface area contributed by atoms with Gasteiger partial charge in [0.15, 0.2) is 5.75 Å². The van der Waals surface area contributed by atoms with Crippen LogP contribution in [-0.4, -0.2) is 14.3 Å².